The number of benzene rings is 1. The van der Waals surface area contributed by atoms with Gasteiger partial charge >= 0.3 is 12.0 Å². The van der Waals surface area contributed by atoms with Crippen LogP contribution in [0, 0.1) is 0 Å². The molecule has 0 aliphatic heterocycles. The van der Waals surface area contributed by atoms with Gasteiger partial charge in [-0.05, 0) is 29.6 Å². The summed E-state index contributed by atoms with van der Waals surface area (Å²) in [5.41, 5.74) is 1.03. The van der Waals surface area contributed by atoms with Gasteiger partial charge in [0.05, 0.1) is 24.0 Å². The molecule has 0 radical (unpaired) electrons. The van der Waals surface area contributed by atoms with Crippen LogP contribution in [0.5, 0.6) is 5.75 Å². The Morgan fingerprint density at radius 3 is 2.65 bits per heavy atom. The number of carboxylic acid groups (broad SMARTS) is 1. The number of anilines is 2. The molecule has 104 valence electrons. The monoisotopic (exact) mass is 292 g/mol. The predicted molar refractivity (Wildman–Crippen MR) is 76.9 cm³/mol. The zero-order chi connectivity index (χ0) is 14.5. The first-order valence-corrected chi connectivity index (χ1v) is 6.56. The van der Waals surface area contributed by atoms with Crippen LogP contribution in [-0.4, -0.2) is 24.2 Å². The number of hydrogen-bond donors (Lipinski definition) is 3. The van der Waals surface area contributed by atoms with Gasteiger partial charge < -0.3 is 20.5 Å². The molecule has 0 atom stereocenters. The van der Waals surface area contributed by atoms with Crippen LogP contribution >= 0.6 is 11.3 Å². The Morgan fingerprint density at radius 2 is 2.05 bits per heavy atom. The number of carbonyl (C=O) groups excluding carboxylic acids is 1. The van der Waals surface area contributed by atoms with Crippen molar-refractivity contribution in [3.63, 3.8) is 0 Å². The van der Waals surface area contributed by atoms with Gasteiger partial charge in [-0.15, -0.1) is 0 Å². The Bertz CT molecular complexity index is 625. The summed E-state index contributed by atoms with van der Waals surface area (Å²) in [4.78, 5) is 22.7. The maximum atomic E-state index is 11.8. The molecule has 0 saturated heterocycles. The Hall–Kier alpha value is -2.54. The first kappa shape index (κ1) is 13.9. The van der Waals surface area contributed by atoms with Crippen LogP contribution in [0.1, 0.15) is 10.4 Å². The summed E-state index contributed by atoms with van der Waals surface area (Å²) in [6.07, 6.45) is 0. The highest BCUT2D eigenvalue weighted by molar-refractivity contribution is 7.08. The number of aromatic carboxylic acids is 1. The van der Waals surface area contributed by atoms with Crippen LogP contribution < -0.4 is 15.4 Å². The number of hydrogen-bond acceptors (Lipinski definition) is 4. The second kappa shape index (κ2) is 6.07. The van der Waals surface area contributed by atoms with Crippen molar-refractivity contribution in [1.29, 1.82) is 0 Å². The van der Waals surface area contributed by atoms with Crippen LogP contribution in [0.15, 0.2) is 35.0 Å². The molecule has 1 aromatic heterocycles. The van der Waals surface area contributed by atoms with Crippen LogP contribution in [0.4, 0.5) is 16.2 Å². The van der Waals surface area contributed by atoms with Crippen molar-refractivity contribution >= 4 is 34.7 Å². The van der Waals surface area contributed by atoms with E-state index >= 15 is 0 Å². The molecule has 3 N–H and O–H groups in total. The van der Waals surface area contributed by atoms with Crippen molar-refractivity contribution in [2.75, 3.05) is 17.7 Å². The SMILES string of the molecule is COc1ccc(C(=O)O)cc1NC(=O)Nc1ccsc1. The summed E-state index contributed by atoms with van der Waals surface area (Å²) in [5.74, 6) is -0.690. The summed E-state index contributed by atoms with van der Waals surface area (Å²) in [6.45, 7) is 0. The van der Waals surface area contributed by atoms with Crippen LogP contribution in [0.25, 0.3) is 0 Å². The van der Waals surface area contributed by atoms with E-state index in [1.165, 1.54) is 36.6 Å². The molecule has 20 heavy (non-hydrogen) atoms. The number of amides is 2. The highest BCUT2D eigenvalue weighted by Crippen LogP contribution is 2.25. The molecule has 0 unspecified atom stereocenters. The average Bonchev–Trinajstić information content (AvgIpc) is 2.91. The molecule has 0 spiro atoms. The highest BCUT2D eigenvalue weighted by atomic mass is 32.1. The van der Waals surface area contributed by atoms with E-state index in [2.05, 4.69) is 10.6 Å². The molecule has 1 heterocycles. The van der Waals surface area contributed by atoms with Crippen LogP contribution in [0.2, 0.25) is 0 Å². The minimum absolute atomic E-state index is 0.0663. The predicted octanol–water partition coefficient (Wildman–Crippen LogP) is 3.10. The maximum absolute atomic E-state index is 11.8. The minimum Gasteiger partial charge on any atom is -0.495 e. The zero-order valence-electron chi connectivity index (χ0n) is 10.5. The first-order valence-electron chi connectivity index (χ1n) is 5.61. The summed E-state index contributed by atoms with van der Waals surface area (Å²) < 4.78 is 5.08. The van der Waals surface area contributed by atoms with E-state index in [0.717, 1.165) is 0 Å². The van der Waals surface area contributed by atoms with Crippen molar-refractivity contribution in [2.45, 2.75) is 0 Å². The lowest BCUT2D eigenvalue weighted by atomic mass is 10.2. The van der Waals surface area contributed by atoms with E-state index in [-0.39, 0.29) is 5.56 Å². The Morgan fingerprint density at radius 1 is 1.25 bits per heavy atom. The van der Waals surface area contributed by atoms with E-state index in [4.69, 9.17) is 9.84 Å². The second-order valence-electron chi connectivity index (χ2n) is 3.81. The highest BCUT2D eigenvalue weighted by Gasteiger charge is 2.11. The number of urea groups is 1. The van der Waals surface area contributed by atoms with E-state index in [9.17, 15) is 9.59 Å². The standard InChI is InChI=1S/C13H12N2O4S/c1-19-11-3-2-8(12(16)17)6-10(11)15-13(18)14-9-4-5-20-7-9/h2-7H,1H3,(H,16,17)(H2,14,15,18). The summed E-state index contributed by atoms with van der Waals surface area (Å²) in [7, 11) is 1.44. The maximum Gasteiger partial charge on any atom is 0.335 e. The summed E-state index contributed by atoms with van der Waals surface area (Å²) in [5, 5.41) is 17.8. The molecular formula is C13H12N2O4S. The number of nitrogens with one attached hydrogen (secondary N) is 2. The molecule has 0 aliphatic rings. The number of methoxy groups -OCH3 is 1. The molecule has 0 fully saturated rings. The minimum atomic E-state index is -1.08. The lowest BCUT2D eigenvalue weighted by molar-refractivity contribution is 0.0697. The van der Waals surface area contributed by atoms with Gasteiger partial charge in [0.25, 0.3) is 0 Å². The molecule has 2 rings (SSSR count). The fourth-order valence-corrected chi connectivity index (χ4v) is 2.15. The molecule has 6 nitrogen and oxygen atoms in total. The van der Waals surface area contributed by atoms with Gasteiger partial charge in [0, 0.05) is 5.38 Å². The molecule has 1 aromatic carbocycles. The third-order valence-electron chi connectivity index (χ3n) is 2.47. The van der Waals surface area contributed by atoms with Gasteiger partial charge in [0.15, 0.2) is 0 Å². The smallest absolute Gasteiger partial charge is 0.335 e. The molecular weight excluding hydrogens is 280 g/mol. The van der Waals surface area contributed by atoms with Gasteiger partial charge in [-0.2, -0.15) is 11.3 Å². The van der Waals surface area contributed by atoms with Crippen molar-refractivity contribution < 1.29 is 19.4 Å². The Balaban J connectivity index is 2.16. The van der Waals surface area contributed by atoms with Gasteiger partial charge in [-0.1, -0.05) is 0 Å². The van der Waals surface area contributed by atoms with Crippen LogP contribution in [-0.2, 0) is 0 Å². The van der Waals surface area contributed by atoms with Crippen molar-refractivity contribution in [1.82, 2.24) is 0 Å². The lowest BCUT2D eigenvalue weighted by Gasteiger charge is -2.11. The number of rotatable bonds is 4. The van der Waals surface area contributed by atoms with Gasteiger partial charge in [0.1, 0.15) is 5.75 Å². The second-order valence-corrected chi connectivity index (χ2v) is 4.59. The fourth-order valence-electron chi connectivity index (χ4n) is 1.56. The average molecular weight is 292 g/mol. The normalized spacial score (nSPS) is 9.85. The van der Waals surface area contributed by atoms with E-state index in [1.807, 2.05) is 5.38 Å². The fraction of sp³-hybridized carbons (Fsp3) is 0.0769. The van der Waals surface area contributed by atoms with E-state index < -0.39 is 12.0 Å². The largest absolute Gasteiger partial charge is 0.495 e. The van der Waals surface area contributed by atoms with Gasteiger partial charge in [-0.25, -0.2) is 9.59 Å². The molecule has 7 heteroatoms. The lowest BCUT2D eigenvalue weighted by Crippen LogP contribution is -2.19. The summed E-state index contributed by atoms with van der Waals surface area (Å²) in [6, 6.07) is 5.53. The number of carbonyl (C=O) groups is 2. The molecule has 2 amide bonds. The van der Waals surface area contributed by atoms with Crippen molar-refractivity contribution in [3.05, 3.63) is 40.6 Å². The number of carboxylic acids is 1. The molecule has 0 saturated carbocycles. The van der Waals surface area contributed by atoms with Gasteiger partial charge in [0.2, 0.25) is 0 Å². The molecule has 2 aromatic rings. The van der Waals surface area contributed by atoms with Crippen molar-refractivity contribution in [3.8, 4) is 5.75 Å². The van der Waals surface area contributed by atoms with E-state index in [1.54, 1.807) is 11.4 Å². The quantitative estimate of drug-likeness (QED) is 0.808. The molecule has 0 aliphatic carbocycles. The number of thiophene rings is 1. The Labute approximate surface area is 119 Å². The first-order chi connectivity index (χ1) is 9.60. The Kier molecular flexibility index (Phi) is 4.21. The topological polar surface area (TPSA) is 87.7 Å². The third-order valence-corrected chi connectivity index (χ3v) is 3.16. The van der Waals surface area contributed by atoms with Gasteiger partial charge in [-0.3, -0.25) is 0 Å². The molecule has 0 bridgehead atoms. The number of ether oxygens (including phenoxy) is 1. The van der Waals surface area contributed by atoms with Crippen LogP contribution in [0.3, 0.4) is 0 Å². The third kappa shape index (κ3) is 3.27. The van der Waals surface area contributed by atoms with Crippen molar-refractivity contribution in [2.24, 2.45) is 0 Å². The van der Waals surface area contributed by atoms with E-state index in [0.29, 0.717) is 17.1 Å². The zero-order valence-corrected chi connectivity index (χ0v) is 11.4. The summed E-state index contributed by atoms with van der Waals surface area (Å²) >= 11 is 1.46.